The van der Waals surface area contributed by atoms with Crippen molar-refractivity contribution < 1.29 is 4.74 Å². The molecule has 0 amide bonds. The lowest BCUT2D eigenvalue weighted by Gasteiger charge is -2.37. The van der Waals surface area contributed by atoms with E-state index in [9.17, 15) is 0 Å². The molecule has 0 aromatic carbocycles. The van der Waals surface area contributed by atoms with Gasteiger partial charge in [-0.1, -0.05) is 12.8 Å². The maximum Gasteiger partial charge on any atom is 0.0891 e. The maximum atomic E-state index is 6.12. The van der Waals surface area contributed by atoms with E-state index in [1.165, 1.54) is 18.5 Å². The van der Waals surface area contributed by atoms with Crippen molar-refractivity contribution in [2.75, 3.05) is 13.7 Å². The summed E-state index contributed by atoms with van der Waals surface area (Å²) in [6.07, 6.45) is 6.65. The second-order valence-electron chi connectivity index (χ2n) is 4.81. The van der Waals surface area contributed by atoms with Gasteiger partial charge in [-0.05, 0) is 32.9 Å². The van der Waals surface area contributed by atoms with E-state index in [1.807, 2.05) is 25.0 Å². The molecule has 4 nitrogen and oxygen atoms in total. The molecule has 2 rings (SSSR count). The second-order valence-corrected chi connectivity index (χ2v) is 4.81. The Balaban J connectivity index is 2.29. The number of nitrogens with zero attached hydrogens (tertiary/aromatic N) is 2. The molecule has 1 fully saturated rings. The molecule has 1 saturated carbocycles. The average molecular weight is 237 g/mol. The molecule has 0 saturated heterocycles. The summed E-state index contributed by atoms with van der Waals surface area (Å²) in [5, 5.41) is 7.70. The molecule has 0 bridgehead atoms. The maximum absolute atomic E-state index is 6.12. The van der Waals surface area contributed by atoms with E-state index in [0.717, 1.165) is 19.4 Å². The van der Waals surface area contributed by atoms with Gasteiger partial charge in [-0.25, -0.2) is 0 Å². The number of ether oxygens (including phenoxy) is 1. The summed E-state index contributed by atoms with van der Waals surface area (Å²) in [4.78, 5) is 0. The summed E-state index contributed by atoms with van der Waals surface area (Å²) in [6, 6.07) is 2.32. The van der Waals surface area contributed by atoms with Gasteiger partial charge in [-0.2, -0.15) is 5.10 Å². The number of aromatic nitrogens is 2. The van der Waals surface area contributed by atoms with Crippen LogP contribution in [0, 0.1) is 0 Å². The summed E-state index contributed by atoms with van der Waals surface area (Å²) in [7, 11) is 4.00. The molecule has 4 heteroatoms. The fourth-order valence-corrected chi connectivity index (χ4v) is 3.13. The summed E-state index contributed by atoms with van der Waals surface area (Å²) in [5.74, 6) is 0. The molecular weight excluding hydrogens is 214 g/mol. The monoisotopic (exact) mass is 237 g/mol. The molecule has 1 aliphatic carbocycles. The lowest BCUT2D eigenvalue weighted by atomic mass is 9.89. The average Bonchev–Trinajstić information content (AvgIpc) is 2.92. The minimum Gasteiger partial charge on any atom is -0.373 e. The Bertz CT molecular complexity index is 355. The molecule has 17 heavy (non-hydrogen) atoms. The number of nitrogens with one attached hydrogen (secondary N) is 1. The van der Waals surface area contributed by atoms with Crippen molar-refractivity contribution in [3.8, 4) is 0 Å². The van der Waals surface area contributed by atoms with Gasteiger partial charge < -0.3 is 10.1 Å². The van der Waals surface area contributed by atoms with Crippen molar-refractivity contribution in [1.29, 1.82) is 0 Å². The molecule has 1 aromatic heterocycles. The zero-order valence-electron chi connectivity index (χ0n) is 11.1. The highest BCUT2D eigenvalue weighted by Crippen LogP contribution is 2.42. The standard InChI is InChI=1S/C13H23N3O/c1-4-17-13(8-5-6-9-13)12(14-2)11-7-10-15-16(11)3/h7,10,12,14H,4-6,8-9H2,1-3H3. The number of hydrogen-bond acceptors (Lipinski definition) is 3. The second kappa shape index (κ2) is 5.19. The van der Waals surface area contributed by atoms with Gasteiger partial charge >= 0.3 is 0 Å². The highest BCUT2D eigenvalue weighted by molar-refractivity contribution is 5.14. The van der Waals surface area contributed by atoms with Gasteiger partial charge in [0.1, 0.15) is 0 Å². The molecule has 96 valence electrons. The summed E-state index contributed by atoms with van der Waals surface area (Å²) >= 11 is 0. The summed E-state index contributed by atoms with van der Waals surface area (Å²) < 4.78 is 8.06. The van der Waals surface area contributed by atoms with Gasteiger partial charge in [-0.3, -0.25) is 4.68 Å². The van der Waals surface area contributed by atoms with Gasteiger partial charge in [0.25, 0.3) is 0 Å². The highest BCUT2D eigenvalue weighted by Gasteiger charge is 2.43. The quantitative estimate of drug-likeness (QED) is 0.851. The third-order valence-corrected chi connectivity index (χ3v) is 3.85. The van der Waals surface area contributed by atoms with Crippen LogP contribution in [0.4, 0.5) is 0 Å². The molecule has 1 aliphatic rings. The third kappa shape index (κ3) is 2.24. The largest absolute Gasteiger partial charge is 0.373 e. The molecule has 0 spiro atoms. The molecule has 0 radical (unpaired) electrons. The summed E-state index contributed by atoms with van der Waals surface area (Å²) in [6.45, 7) is 2.85. The van der Waals surface area contributed by atoms with E-state index in [2.05, 4.69) is 23.4 Å². The van der Waals surface area contributed by atoms with Gasteiger partial charge in [0.15, 0.2) is 0 Å². The SMILES string of the molecule is CCOC1(C(NC)c2ccnn2C)CCCC1. The molecule has 1 aromatic rings. The smallest absolute Gasteiger partial charge is 0.0891 e. The normalized spacial score (nSPS) is 20.6. The van der Waals surface area contributed by atoms with Crippen LogP contribution < -0.4 is 5.32 Å². The fraction of sp³-hybridized carbons (Fsp3) is 0.769. The first-order valence-electron chi connectivity index (χ1n) is 6.52. The van der Waals surface area contributed by atoms with Crippen LogP contribution in [-0.4, -0.2) is 29.0 Å². The lowest BCUT2D eigenvalue weighted by Crippen LogP contribution is -2.44. The Morgan fingerprint density at radius 2 is 2.24 bits per heavy atom. The van der Waals surface area contributed by atoms with Crippen LogP contribution >= 0.6 is 0 Å². The van der Waals surface area contributed by atoms with Crippen molar-refractivity contribution in [2.24, 2.45) is 7.05 Å². The van der Waals surface area contributed by atoms with Gasteiger partial charge in [0, 0.05) is 19.9 Å². The van der Waals surface area contributed by atoms with Crippen molar-refractivity contribution >= 4 is 0 Å². The minimum atomic E-state index is -0.0444. The number of aryl methyl sites for hydroxylation is 1. The Morgan fingerprint density at radius 1 is 1.53 bits per heavy atom. The van der Waals surface area contributed by atoms with Crippen molar-refractivity contribution in [1.82, 2.24) is 15.1 Å². The van der Waals surface area contributed by atoms with Crippen LogP contribution in [0.5, 0.6) is 0 Å². The van der Waals surface area contributed by atoms with E-state index in [1.54, 1.807) is 0 Å². The van der Waals surface area contributed by atoms with Crippen molar-refractivity contribution in [3.05, 3.63) is 18.0 Å². The zero-order chi connectivity index (χ0) is 12.3. The summed E-state index contributed by atoms with van der Waals surface area (Å²) in [5.41, 5.74) is 1.17. The Kier molecular flexibility index (Phi) is 3.84. The third-order valence-electron chi connectivity index (χ3n) is 3.85. The van der Waals surface area contributed by atoms with Crippen LogP contribution in [0.3, 0.4) is 0 Å². The lowest BCUT2D eigenvalue weighted by molar-refractivity contribution is -0.0627. The first-order valence-corrected chi connectivity index (χ1v) is 6.52. The Labute approximate surface area is 103 Å². The molecular formula is C13H23N3O. The Hall–Kier alpha value is -0.870. The molecule has 1 heterocycles. The predicted molar refractivity (Wildman–Crippen MR) is 67.8 cm³/mol. The number of hydrogen-bond donors (Lipinski definition) is 1. The van der Waals surface area contributed by atoms with Gasteiger partial charge in [-0.15, -0.1) is 0 Å². The minimum absolute atomic E-state index is 0.0444. The van der Waals surface area contributed by atoms with E-state index < -0.39 is 0 Å². The van der Waals surface area contributed by atoms with E-state index in [4.69, 9.17) is 4.74 Å². The highest BCUT2D eigenvalue weighted by atomic mass is 16.5. The first-order chi connectivity index (χ1) is 8.23. The van der Waals surface area contributed by atoms with Gasteiger partial charge in [0.2, 0.25) is 0 Å². The Morgan fingerprint density at radius 3 is 2.71 bits per heavy atom. The first kappa shape index (κ1) is 12.6. The zero-order valence-corrected chi connectivity index (χ0v) is 11.1. The molecule has 1 unspecified atom stereocenters. The van der Waals surface area contributed by atoms with Crippen molar-refractivity contribution in [2.45, 2.75) is 44.2 Å². The topological polar surface area (TPSA) is 39.1 Å². The van der Waals surface area contributed by atoms with Crippen LogP contribution in [0.15, 0.2) is 12.3 Å². The van der Waals surface area contributed by atoms with Crippen LogP contribution in [-0.2, 0) is 11.8 Å². The van der Waals surface area contributed by atoms with Crippen LogP contribution in [0.1, 0.15) is 44.3 Å². The molecule has 1 atom stereocenters. The fourth-order valence-electron chi connectivity index (χ4n) is 3.13. The van der Waals surface area contributed by atoms with Gasteiger partial charge in [0.05, 0.1) is 17.3 Å². The van der Waals surface area contributed by atoms with Crippen LogP contribution in [0.25, 0.3) is 0 Å². The van der Waals surface area contributed by atoms with E-state index in [0.29, 0.717) is 0 Å². The van der Waals surface area contributed by atoms with E-state index in [-0.39, 0.29) is 11.6 Å². The predicted octanol–water partition coefficient (Wildman–Crippen LogP) is 2.03. The van der Waals surface area contributed by atoms with E-state index >= 15 is 0 Å². The molecule has 1 N–H and O–H groups in total. The molecule has 0 aliphatic heterocycles. The van der Waals surface area contributed by atoms with Crippen molar-refractivity contribution in [3.63, 3.8) is 0 Å². The number of likely N-dealkylation sites (N-methyl/N-ethyl adjacent to an activating group) is 1. The van der Waals surface area contributed by atoms with Crippen LogP contribution in [0.2, 0.25) is 0 Å². The number of rotatable bonds is 5.